The minimum atomic E-state index is -0.767. The number of hydrogen-bond donors (Lipinski definition) is 3. The standard InChI is InChI=1S/C37H53N3O4/c1-21(2)33(40-34(42)31(38)18-23-20-39-32-9-7-6-8-26(23)32)35(43)44-25-14-16-36(4)24(19-25)10-11-27-29-13-12-28(22(3)41)37(29,5)17-15-30(27)36/h6-9,20-21,24-25,27-31,33,39H,10-19,38H2,1-5H3,(H,40,42)/t24?,25-,27+,28-,29+,30+,31+,33+,36+,37-/m1/s1. The summed E-state index contributed by atoms with van der Waals surface area (Å²) in [6.45, 7) is 10.6. The van der Waals surface area contributed by atoms with Crippen molar-refractivity contribution in [1.82, 2.24) is 10.3 Å². The Balaban J connectivity index is 1.06. The number of para-hydroxylation sites is 1. The number of esters is 1. The van der Waals surface area contributed by atoms with Crippen LogP contribution in [0.2, 0.25) is 0 Å². The summed E-state index contributed by atoms with van der Waals surface area (Å²) < 4.78 is 6.18. The third-order valence-corrected chi connectivity index (χ3v) is 13.1. The highest BCUT2D eigenvalue weighted by atomic mass is 16.5. The number of amides is 1. The van der Waals surface area contributed by atoms with Crippen LogP contribution in [0.3, 0.4) is 0 Å². The molecule has 2 aromatic rings. The molecule has 4 saturated carbocycles. The first kappa shape index (κ1) is 31.3. The molecule has 7 nitrogen and oxygen atoms in total. The average Bonchev–Trinajstić information content (AvgIpc) is 3.56. The lowest BCUT2D eigenvalue weighted by Crippen LogP contribution is -2.55. The van der Waals surface area contributed by atoms with Crippen LogP contribution in [0.1, 0.15) is 98.0 Å². The Kier molecular flexibility index (Phi) is 8.49. The SMILES string of the molecule is CC(=O)[C@H]1CC[C@H]2[C@@H]3CCC4C[C@H](OC(=O)[C@@H](NC(=O)[C@@H](N)Cc5c[nH]c6ccccc56)C(C)C)CC[C@]4(C)[C@H]3CC[C@]12C. The fourth-order valence-corrected chi connectivity index (χ4v) is 10.6. The quantitative estimate of drug-likeness (QED) is 0.305. The number of carbonyl (C=O) groups excluding carboxylic acids is 3. The maximum absolute atomic E-state index is 13.5. The molecule has 6 rings (SSSR count). The second kappa shape index (κ2) is 11.9. The Labute approximate surface area is 262 Å². The highest BCUT2D eigenvalue weighted by Crippen LogP contribution is 2.67. The minimum absolute atomic E-state index is 0.113. The minimum Gasteiger partial charge on any atom is -0.461 e. The third-order valence-electron chi connectivity index (χ3n) is 13.1. The van der Waals surface area contributed by atoms with Gasteiger partial charge in [0.05, 0.1) is 6.04 Å². The van der Waals surface area contributed by atoms with E-state index in [1.165, 1.54) is 32.1 Å². The zero-order valence-corrected chi connectivity index (χ0v) is 27.4. The molecular formula is C37H53N3O4. The Bertz CT molecular complexity index is 1400. The van der Waals surface area contributed by atoms with Crippen molar-refractivity contribution in [3.63, 3.8) is 0 Å². The molecule has 10 atom stereocenters. The number of H-pyrrole nitrogens is 1. The lowest BCUT2D eigenvalue weighted by Gasteiger charge is -2.61. The summed E-state index contributed by atoms with van der Waals surface area (Å²) in [7, 11) is 0. The number of rotatable bonds is 8. The van der Waals surface area contributed by atoms with Gasteiger partial charge in [0.1, 0.15) is 17.9 Å². The van der Waals surface area contributed by atoms with E-state index in [9.17, 15) is 14.4 Å². The Morgan fingerprint density at radius 2 is 1.73 bits per heavy atom. The second-order valence-corrected chi connectivity index (χ2v) is 15.7. The summed E-state index contributed by atoms with van der Waals surface area (Å²) in [6.07, 6.45) is 12.1. The topological polar surface area (TPSA) is 114 Å². The molecule has 4 aliphatic carbocycles. The van der Waals surface area contributed by atoms with Crippen LogP contribution in [0.25, 0.3) is 10.9 Å². The molecule has 0 aliphatic heterocycles. The zero-order chi connectivity index (χ0) is 31.4. The van der Waals surface area contributed by atoms with Gasteiger partial charge in [-0.25, -0.2) is 4.79 Å². The van der Waals surface area contributed by atoms with Crippen molar-refractivity contribution in [3.8, 4) is 0 Å². The molecule has 1 aromatic carbocycles. The first-order valence-corrected chi connectivity index (χ1v) is 17.2. The summed E-state index contributed by atoms with van der Waals surface area (Å²) in [4.78, 5) is 42.4. The molecule has 1 unspecified atom stereocenters. The van der Waals surface area contributed by atoms with Crippen molar-refractivity contribution in [1.29, 1.82) is 0 Å². The van der Waals surface area contributed by atoms with Gasteiger partial charge in [-0.3, -0.25) is 9.59 Å². The number of aromatic nitrogens is 1. The lowest BCUT2D eigenvalue weighted by molar-refractivity contribution is -0.166. The highest BCUT2D eigenvalue weighted by Gasteiger charge is 2.61. The molecule has 7 heteroatoms. The molecular weight excluding hydrogens is 550 g/mol. The summed E-state index contributed by atoms with van der Waals surface area (Å²) in [5.74, 6) is 2.47. The van der Waals surface area contributed by atoms with Gasteiger partial charge in [0.15, 0.2) is 0 Å². The summed E-state index contributed by atoms with van der Waals surface area (Å²) in [5, 5.41) is 3.99. The van der Waals surface area contributed by atoms with Gasteiger partial charge in [-0.2, -0.15) is 0 Å². The fourth-order valence-electron chi connectivity index (χ4n) is 10.6. The molecule has 0 radical (unpaired) electrons. The molecule has 0 bridgehead atoms. The zero-order valence-electron chi connectivity index (χ0n) is 27.4. The number of carbonyl (C=O) groups is 3. The Morgan fingerprint density at radius 3 is 2.48 bits per heavy atom. The summed E-state index contributed by atoms with van der Waals surface area (Å²) >= 11 is 0. The lowest BCUT2D eigenvalue weighted by atomic mass is 9.44. The number of Topliss-reactive ketones (excluding diaryl/α,β-unsaturated/α-hetero) is 1. The predicted octanol–water partition coefficient (Wildman–Crippen LogP) is 6.34. The molecule has 44 heavy (non-hydrogen) atoms. The van der Waals surface area contributed by atoms with Crippen LogP contribution in [-0.4, -0.2) is 40.8 Å². The van der Waals surface area contributed by atoms with Gasteiger partial charge in [0, 0.05) is 23.0 Å². The normalized spacial score (nSPS) is 36.2. The maximum Gasteiger partial charge on any atom is 0.329 e. The molecule has 4 N–H and O–H groups in total. The molecule has 4 aliphatic rings. The van der Waals surface area contributed by atoms with Crippen molar-refractivity contribution in [3.05, 3.63) is 36.0 Å². The molecule has 0 saturated heterocycles. The van der Waals surface area contributed by atoms with Crippen molar-refractivity contribution >= 4 is 28.6 Å². The van der Waals surface area contributed by atoms with Gasteiger partial charge in [-0.15, -0.1) is 0 Å². The van der Waals surface area contributed by atoms with Gasteiger partial charge in [0.2, 0.25) is 5.91 Å². The predicted molar refractivity (Wildman–Crippen MR) is 173 cm³/mol. The van der Waals surface area contributed by atoms with Gasteiger partial charge >= 0.3 is 5.97 Å². The van der Waals surface area contributed by atoms with Crippen LogP contribution >= 0.6 is 0 Å². The van der Waals surface area contributed by atoms with Gasteiger partial charge in [0.25, 0.3) is 0 Å². The smallest absolute Gasteiger partial charge is 0.329 e. The molecule has 240 valence electrons. The van der Waals surface area contributed by atoms with Crippen LogP contribution in [0.4, 0.5) is 0 Å². The number of hydrogen-bond acceptors (Lipinski definition) is 5. The first-order valence-electron chi connectivity index (χ1n) is 17.2. The molecule has 1 aromatic heterocycles. The number of ketones is 1. The van der Waals surface area contributed by atoms with Crippen molar-refractivity contribution in [2.24, 2.45) is 52.1 Å². The van der Waals surface area contributed by atoms with Crippen LogP contribution in [0, 0.1) is 46.3 Å². The molecule has 1 heterocycles. The number of nitrogens with two attached hydrogens (primary N) is 1. The molecule has 0 spiro atoms. The second-order valence-electron chi connectivity index (χ2n) is 15.7. The van der Waals surface area contributed by atoms with Crippen molar-refractivity contribution in [2.45, 2.75) is 117 Å². The number of aromatic amines is 1. The van der Waals surface area contributed by atoms with Crippen LogP contribution < -0.4 is 11.1 Å². The number of ether oxygens (including phenoxy) is 1. The van der Waals surface area contributed by atoms with Crippen molar-refractivity contribution in [2.75, 3.05) is 0 Å². The van der Waals surface area contributed by atoms with E-state index in [1.54, 1.807) is 6.92 Å². The largest absolute Gasteiger partial charge is 0.461 e. The van der Waals surface area contributed by atoms with E-state index in [0.29, 0.717) is 35.9 Å². The van der Waals surface area contributed by atoms with Crippen LogP contribution in [-0.2, 0) is 25.5 Å². The number of benzene rings is 1. The van der Waals surface area contributed by atoms with E-state index < -0.39 is 12.1 Å². The number of nitrogens with one attached hydrogen (secondary N) is 2. The summed E-state index contributed by atoms with van der Waals surface area (Å²) in [5.41, 5.74) is 8.78. The Morgan fingerprint density at radius 1 is 1.00 bits per heavy atom. The van der Waals surface area contributed by atoms with E-state index in [1.807, 2.05) is 44.3 Å². The molecule has 4 fully saturated rings. The molecule has 1 amide bonds. The number of fused-ring (bicyclic) bond motifs is 6. The maximum atomic E-state index is 13.5. The van der Waals surface area contributed by atoms with Gasteiger partial charge in [-0.05, 0) is 123 Å². The van der Waals surface area contributed by atoms with E-state index in [0.717, 1.165) is 42.1 Å². The van der Waals surface area contributed by atoms with E-state index in [-0.39, 0.29) is 40.6 Å². The van der Waals surface area contributed by atoms with Gasteiger partial charge < -0.3 is 20.8 Å². The average molecular weight is 604 g/mol. The van der Waals surface area contributed by atoms with Crippen LogP contribution in [0.15, 0.2) is 30.5 Å². The van der Waals surface area contributed by atoms with Gasteiger partial charge in [-0.1, -0.05) is 45.9 Å². The fraction of sp³-hybridized carbons (Fsp3) is 0.703. The third kappa shape index (κ3) is 5.41. The Hall–Kier alpha value is -2.67. The first-order chi connectivity index (χ1) is 20.9. The van der Waals surface area contributed by atoms with Crippen LogP contribution in [0.5, 0.6) is 0 Å². The van der Waals surface area contributed by atoms with E-state index >= 15 is 0 Å². The van der Waals surface area contributed by atoms with E-state index in [2.05, 4.69) is 24.1 Å². The highest BCUT2D eigenvalue weighted by molar-refractivity contribution is 5.89. The summed E-state index contributed by atoms with van der Waals surface area (Å²) in [6, 6.07) is 6.47. The monoisotopic (exact) mass is 603 g/mol. The van der Waals surface area contributed by atoms with E-state index in [4.69, 9.17) is 10.5 Å². The van der Waals surface area contributed by atoms with Crippen molar-refractivity contribution < 1.29 is 19.1 Å².